The molecule has 0 N–H and O–H groups in total. The van der Waals surface area contributed by atoms with Gasteiger partial charge in [-0.25, -0.2) is 9.55 Å². The summed E-state index contributed by atoms with van der Waals surface area (Å²) < 4.78 is 12.5. The van der Waals surface area contributed by atoms with Crippen LogP contribution in [0.25, 0.3) is 0 Å². The van der Waals surface area contributed by atoms with Gasteiger partial charge in [0.25, 0.3) is 5.90 Å². The number of imidazole rings is 1. The van der Waals surface area contributed by atoms with E-state index < -0.39 is 10.6 Å². The zero-order valence-electron chi connectivity index (χ0n) is 15.4. The van der Waals surface area contributed by atoms with Crippen molar-refractivity contribution in [2.24, 2.45) is 5.10 Å². The summed E-state index contributed by atoms with van der Waals surface area (Å²) in [6.07, 6.45) is 1.18. The maximum atomic E-state index is 12.1. The van der Waals surface area contributed by atoms with E-state index in [-0.39, 0.29) is 24.2 Å². The van der Waals surface area contributed by atoms with Gasteiger partial charge in [0.05, 0.1) is 7.11 Å². The van der Waals surface area contributed by atoms with Crippen LogP contribution in [0.4, 0.5) is 5.82 Å². The molecule has 0 saturated heterocycles. The van der Waals surface area contributed by atoms with E-state index in [1.807, 2.05) is 0 Å². The molecule has 1 amide bonds. The zero-order chi connectivity index (χ0) is 19.8. The number of methoxy groups -OCH3 is 1. The Bertz CT molecular complexity index is 920. The lowest BCUT2D eigenvalue weighted by atomic mass is 10.0. The number of ether oxygens (including phenoxy) is 2. The fraction of sp³-hybridized carbons (Fsp3) is 0.353. The van der Waals surface area contributed by atoms with Gasteiger partial charge in [-0.1, -0.05) is 0 Å². The number of nitrogens with zero attached hydrogens (tertiary/aromatic N) is 5. The molecule has 10 heteroatoms. The van der Waals surface area contributed by atoms with Crippen LogP contribution in [0.15, 0.2) is 35.6 Å². The van der Waals surface area contributed by atoms with Crippen LogP contribution in [0, 0.1) is 17.0 Å². The molecule has 1 aromatic carbocycles. The lowest BCUT2D eigenvalue weighted by Crippen LogP contribution is -2.41. The molecule has 1 aromatic heterocycles. The summed E-state index contributed by atoms with van der Waals surface area (Å²) >= 11 is 0. The Hall–Kier alpha value is -3.43. The van der Waals surface area contributed by atoms with E-state index in [2.05, 4.69) is 10.1 Å². The molecule has 1 aliphatic rings. The number of hydrogen-bond acceptors (Lipinski definition) is 7. The maximum Gasteiger partial charge on any atom is 0.343 e. The quantitative estimate of drug-likeness (QED) is 0.586. The molecule has 0 bridgehead atoms. The van der Waals surface area contributed by atoms with Gasteiger partial charge in [0, 0.05) is 26.3 Å². The highest BCUT2D eigenvalue weighted by Crippen LogP contribution is 2.36. The van der Waals surface area contributed by atoms with Gasteiger partial charge < -0.3 is 19.6 Å². The third kappa shape index (κ3) is 3.21. The first-order valence-corrected chi connectivity index (χ1v) is 8.14. The van der Waals surface area contributed by atoms with Crippen molar-refractivity contribution in [3.8, 4) is 5.75 Å². The molecule has 0 spiro atoms. The summed E-state index contributed by atoms with van der Waals surface area (Å²) in [5.74, 6) is 0.792. The molecule has 0 aliphatic carbocycles. The Morgan fingerprint density at radius 1 is 1.37 bits per heavy atom. The molecule has 1 atom stereocenters. The van der Waals surface area contributed by atoms with Gasteiger partial charge in [-0.2, -0.15) is 5.01 Å². The van der Waals surface area contributed by atoms with Crippen LogP contribution in [0.3, 0.4) is 0 Å². The van der Waals surface area contributed by atoms with Crippen molar-refractivity contribution in [1.82, 2.24) is 14.6 Å². The summed E-state index contributed by atoms with van der Waals surface area (Å²) in [5.41, 5.74) is -0.481. The number of benzene rings is 1. The summed E-state index contributed by atoms with van der Waals surface area (Å²) in [6, 6.07) is 7.06. The smallest absolute Gasteiger partial charge is 0.343 e. The van der Waals surface area contributed by atoms with E-state index in [0.717, 1.165) is 0 Å². The number of hydrogen-bond donors (Lipinski definition) is 0. The first-order chi connectivity index (χ1) is 12.8. The molecule has 0 fully saturated rings. The minimum atomic E-state index is -1.17. The number of carbonyl (C=O) groups is 1. The fourth-order valence-corrected chi connectivity index (χ4v) is 2.95. The van der Waals surface area contributed by atoms with Crippen LogP contribution in [-0.4, -0.2) is 38.4 Å². The van der Waals surface area contributed by atoms with Crippen molar-refractivity contribution < 1.29 is 19.2 Å². The predicted octanol–water partition coefficient (Wildman–Crippen LogP) is 2.17. The van der Waals surface area contributed by atoms with Gasteiger partial charge in [0.15, 0.2) is 12.4 Å². The highest BCUT2D eigenvalue weighted by atomic mass is 16.6. The minimum Gasteiger partial charge on any atom is -0.497 e. The largest absolute Gasteiger partial charge is 0.497 e. The SMILES string of the molecule is COc1ccc(C2(C)OC(Cn3c([N+](=O)[O-])cnc3C)=NN2C(C)=O)cc1. The molecule has 3 rings (SSSR count). The average Bonchev–Trinajstić information content (AvgIpc) is 3.16. The Kier molecular flexibility index (Phi) is 4.56. The normalized spacial score (nSPS) is 18.8. The maximum absolute atomic E-state index is 12.1. The van der Waals surface area contributed by atoms with Gasteiger partial charge in [0.2, 0.25) is 11.6 Å². The summed E-state index contributed by atoms with van der Waals surface area (Å²) in [6.45, 7) is 4.72. The Labute approximate surface area is 155 Å². The molecule has 27 heavy (non-hydrogen) atoms. The molecule has 1 unspecified atom stereocenters. The van der Waals surface area contributed by atoms with Gasteiger partial charge in [0.1, 0.15) is 11.9 Å². The van der Waals surface area contributed by atoms with E-state index in [1.54, 1.807) is 45.2 Å². The van der Waals surface area contributed by atoms with E-state index in [1.165, 1.54) is 22.7 Å². The molecule has 10 nitrogen and oxygen atoms in total. The number of nitro groups is 1. The van der Waals surface area contributed by atoms with E-state index in [9.17, 15) is 14.9 Å². The van der Waals surface area contributed by atoms with Crippen molar-refractivity contribution in [2.75, 3.05) is 7.11 Å². The summed E-state index contributed by atoms with van der Waals surface area (Å²) in [5, 5.41) is 16.7. The second kappa shape index (κ2) is 6.71. The molecule has 0 radical (unpaired) electrons. The molecule has 2 aromatic rings. The van der Waals surface area contributed by atoms with Crippen molar-refractivity contribution in [3.63, 3.8) is 0 Å². The first-order valence-electron chi connectivity index (χ1n) is 8.14. The number of aryl methyl sites for hydroxylation is 1. The van der Waals surface area contributed by atoms with Crippen LogP contribution >= 0.6 is 0 Å². The van der Waals surface area contributed by atoms with Crippen LogP contribution < -0.4 is 4.74 Å². The molecular formula is C17H19N5O5. The Morgan fingerprint density at radius 2 is 2.04 bits per heavy atom. The first kappa shape index (κ1) is 18.4. The van der Waals surface area contributed by atoms with Crippen LogP contribution in [0.1, 0.15) is 25.2 Å². The lowest BCUT2D eigenvalue weighted by Gasteiger charge is -2.31. The highest BCUT2D eigenvalue weighted by molar-refractivity contribution is 5.83. The van der Waals surface area contributed by atoms with Crippen LogP contribution in [-0.2, 0) is 21.8 Å². The second-order valence-corrected chi connectivity index (χ2v) is 6.14. The summed E-state index contributed by atoms with van der Waals surface area (Å²) in [7, 11) is 1.56. The predicted molar refractivity (Wildman–Crippen MR) is 95.0 cm³/mol. The molecular weight excluding hydrogens is 354 g/mol. The standard InChI is InChI=1S/C17H19N5O5/c1-11-18-9-16(22(24)25)20(11)10-15-19-21(12(2)23)17(3,27-15)13-5-7-14(26-4)8-6-13/h5-9H,10H2,1-4H3. The topological polar surface area (TPSA) is 112 Å². The monoisotopic (exact) mass is 373 g/mol. The lowest BCUT2D eigenvalue weighted by molar-refractivity contribution is -0.392. The van der Waals surface area contributed by atoms with Gasteiger partial charge in [-0.3, -0.25) is 4.79 Å². The van der Waals surface area contributed by atoms with E-state index in [4.69, 9.17) is 9.47 Å². The molecule has 1 aliphatic heterocycles. The number of hydrazone groups is 1. The van der Waals surface area contributed by atoms with Crippen molar-refractivity contribution in [2.45, 2.75) is 33.0 Å². The van der Waals surface area contributed by atoms with Crippen LogP contribution in [0.2, 0.25) is 0 Å². The third-order valence-corrected chi connectivity index (χ3v) is 4.37. The van der Waals surface area contributed by atoms with Crippen LogP contribution in [0.5, 0.6) is 5.75 Å². The van der Waals surface area contributed by atoms with E-state index in [0.29, 0.717) is 17.1 Å². The molecule has 2 heterocycles. The number of rotatable bonds is 5. The Balaban J connectivity index is 1.93. The third-order valence-electron chi connectivity index (χ3n) is 4.37. The number of amides is 1. The number of aromatic nitrogens is 2. The van der Waals surface area contributed by atoms with Gasteiger partial charge >= 0.3 is 5.82 Å². The fourth-order valence-electron chi connectivity index (χ4n) is 2.95. The van der Waals surface area contributed by atoms with Crippen molar-refractivity contribution in [1.29, 1.82) is 0 Å². The van der Waals surface area contributed by atoms with Gasteiger partial charge in [-0.05, 0) is 29.2 Å². The molecule has 142 valence electrons. The zero-order valence-corrected chi connectivity index (χ0v) is 15.4. The number of carbonyl (C=O) groups excluding carboxylic acids is 1. The Morgan fingerprint density at radius 3 is 2.59 bits per heavy atom. The minimum absolute atomic E-state index is 0.0162. The van der Waals surface area contributed by atoms with Gasteiger partial charge in [-0.15, -0.1) is 5.10 Å². The highest BCUT2D eigenvalue weighted by Gasteiger charge is 2.45. The summed E-state index contributed by atoms with van der Waals surface area (Å²) in [4.78, 5) is 26.8. The van der Waals surface area contributed by atoms with Crippen molar-refractivity contribution in [3.05, 3.63) is 52.0 Å². The molecule has 0 saturated carbocycles. The second-order valence-electron chi connectivity index (χ2n) is 6.14. The van der Waals surface area contributed by atoms with Crippen molar-refractivity contribution >= 4 is 17.6 Å². The van der Waals surface area contributed by atoms with E-state index >= 15 is 0 Å². The average molecular weight is 373 g/mol.